The molecule has 0 saturated carbocycles. The van der Waals surface area contributed by atoms with E-state index in [1.165, 1.54) is 6.26 Å². The number of amides is 2. The molecule has 0 fully saturated rings. The third-order valence-electron chi connectivity index (χ3n) is 2.07. The lowest BCUT2D eigenvalue weighted by atomic mass is 10.3. The van der Waals surface area contributed by atoms with Crippen molar-refractivity contribution in [3.8, 4) is 11.5 Å². The third-order valence-corrected chi connectivity index (χ3v) is 2.07. The van der Waals surface area contributed by atoms with Gasteiger partial charge in [-0.25, -0.2) is 0 Å². The lowest BCUT2D eigenvalue weighted by Crippen LogP contribution is -2.35. The van der Waals surface area contributed by atoms with Crippen molar-refractivity contribution in [2.24, 2.45) is 5.73 Å². The summed E-state index contributed by atoms with van der Waals surface area (Å²) in [6.45, 7) is 0.0997. The van der Waals surface area contributed by atoms with Gasteiger partial charge < -0.3 is 19.9 Å². The van der Waals surface area contributed by atoms with E-state index in [1.54, 1.807) is 24.3 Å². The number of nitrogens with two attached hydrogens (primary N) is 1. The van der Waals surface area contributed by atoms with Crippen molar-refractivity contribution in [2.75, 3.05) is 0 Å². The SMILES string of the molecule is NC(=O)C(=O)NCc1ccc(-c2ccco2)o1. The second-order valence-corrected chi connectivity index (χ2v) is 3.29. The van der Waals surface area contributed by atoms with Crippen molar-refractivity contribution in [1.82, 2.24) is 5.32 Å². The summed E-state index contributed by atoms with van der Waals surface area (Å²) in [5.41, 5.74) is 4.79. The van der Waals surface area contributed by atoms with Gasteiger partial charge in [0.2, 0.25) is 0 Å². The Balaban J connectivity index is 2.00. The molecule has 88 valence electrons. The standard InChI is InChI=1S/C11H10N2O4/c12-10(14)11(15)13-6-7-3-4-9(17-7)8-2-1-5-16-8/h1-5H,6H2,(H2,12,14)(H,13,15). The zero-order valence-electron chi connectivity index (χ0n) is 8.80. The van der Waals surface area contributed by atoms with E-state index in [1.807, 2.05) is 0 Å². The van der Waals surface area contributed by atoms with Crippen LogP contribution in [0.5, 0.6) is 0 Å². The van der Waals surface area contributed by atoms with Crippen molar-refractivity contribution in [2.45, 2.75) is 6.54 Å². The van der Waals surface area contributed by atoms with Gasteiger partial charge in [0.25, 0.3) is 0 Å². The van der Waals surface area contributed by atoms with Crippen LogP contribution in [0.4, 0.5) is 0 Å². The fraction of sp³-hybridized carbons (Fsp3) is 0.0909. The van der Waals surface area contributed by atoms with Crippen molar-refractivity contribution in [1.29, 1.82) is 0 Å². The van der Waals surface area contributed by atoms with E-state index in [2.05, 4.69) is 5.32 Å². The molecule has 0 saturated heterocycles. The lowest BCUT2D eigenvalue weighted by molar-refractivity contribution is -0.137. The van der Waals surface area contributed by atoms with E-state index in [0.29, 0.717) is 17.3 Å². The number of furan rings is 2. The van der Waals surface area contributed by atoms with E-state index in [-0.39, 0.29) is 6.54 Å². The molecule has 2 aromatic rings. The molecule has 0 atom stereocenters. The van der Waals surface area contributed by atoms with Crippen LogP contribution in [0.1, 0.15) is 5.76 Å². The van der Waals surface area contributed by atoms with Crippen LogP contribution in [0.15, 0.2) is 39.4 Å². The highest BCUT2D eigenvalue weighted by Gasteiger charge is 2.10. The van der Waals surface area contributed by atoms with Crippen LogP contribution in [0, 0.1) is 0 Å². The molecule has 17 heavy (non-hydrogen) atoms. The van der Waals surface area contributed by atoms with Gasteiger partial charge in [-0.3, -0.25) is 9.59 Å². The number of nitrogens with one attached hydrogen (secondary N) is 1. The summed E-state index contributed by atoms with van der Waals surface area (Å²) in [4.78, 5) is 21.4. The molecule has 0 bridgehead atoms. The zero-order chi connectivity index (χ0) is 12.3. The minimum atomic E-state index is -1.03. The van der Waals surface area contributed by atoms with E-state index < -0.39 is 11.8 Å². The molecule has 0 aliphatic heterocycles. The number of carbonyl (C=O) groups is 2. The van der Waals surface area contributed by atoms with Gasteiger partial charge in [0, 0.05) is 0 Å². The fourth-order valence-corrected chi connectivity index (χ4v) is 1.28. The highest BCUT2D eigenvalue weighted by Crippen LogP contribution is 2.22. The molecule has 0 aliphatic carbocycles. The third kappa shape index (κ3) is 2.54. The monoisotopic (exact) mass is 234 g/mol. The van der Waals surface area contributed by atoms with Gasteiger partial charge in [-0.15, -0.1) is 0 Å². The maximum atomic E-state index is 10.9. The van der Waals surface area contributed by atoms with Crippen molar-refractivity contribution >= 4 is 11.8 Å². The molecule has 2 aromatic heterocycles. The van der Waals surface area contributed by atoms with Gasteiger partial charge in [-0.1, -0.05) is 0 Å². The molecule has 0 unspecified atom stereocenters. The van der Waals surface area contributed by atoms with Crippen molar-refractivity contribution in [3.63, 3.8) is 0 Å². The molecule has 6 heteroatoms. The van der Waals surface area contributed by atoms with Crippen molar-refractivity contribution in [3.05, 3.63) is 36.3 Å². The minimum absolute atomic E-state index is 0.0997. The number of hydrogen-bond acceptors (Lipinski definition) is 4. The molecule has 2 amide bonds. The highest BCUT2D eigenvalue weighted by atomic mass is 16.4. The molecule has 3 N–H and O–H groups in total. The molecular weight excluding hydrogens is 224 g/mol. The predicted molar refractivity (Wildman–Crippen MR) is 57.5 cm³/mol. The molecule has 0 aromatic carbocycles. The summed E-state index contributed by atoms with van der Waals surface area (Å²) in [7, 11) is 0. The molecule has 2 rings (SSSR count). The smallest absolute Gasteiger partial charge is 0.309 e. The summed E-state index contributed by atoms with van der Waals surface area (Å²) in [5.74, 6) is -0.217. The summed E-state index contributed by atoms with van der Waals surface area (Å²) >= 11 is 0. The second kappa shape index (κ2) is 4.56. The predicted octanol–water partition coefficient (Wildman–Crippen LogP) is 0.641. The Bertz CT molecular complexity index is 527. The van der Waals surface area contributed by atoms with E-state index in [4.69, 9.17) is 14.6 Å². The van der Waals surface area contributed by atoms with Gasteiger partial charge in [0.1, 0.15) is 5.76 Å². The summed E-state index contributed by atoms with van der Waals surface area (Å²) in [6, 6.07) is 6.89. The van der Waals surface area contributed by atoms with Crippen LogP contribution in [-0.2, 0) is 16.1 Å². The van der Waals surface area contributed by atoms with Gasteiger partial charge in [-0.05, 0) is 24.3 Å². The summed E-state index contributed by atoms with van der Waals surface area (Å²) < 4.78 is 10.5. The molecule has 2 heterocycles. The first-order valence-electron chi connectivity index (χ1n) is 4.87. The number of rotatable bonds is 3. The molecular formula is C11H10N2O4. The van der Waals surface area contributed by atoms with E-state index >= 15 is 0 Å². The first-order chi connectivity index (χ1) is 8.16. The Kier molecular flexibility index (Phi) is 2.95. The van der Waals surface area contributed by atoms with Crippen LogP contribution in [-0.4, -0.2) is 11.8 Å². The summed E-state index contributed by atoms with van der Waals surface area (Å²) in [6.07, 6.45) is 1.53. The Morgan fingerprint density at radius 2 is 2.06 bits per heavy atom. The quantitative estimate of drug-likeness (QED) is 0.761. The fourth-order valence-electron chi connectivity index (χ4n) is 1.28. The van der Waals surface area contributed by atoms with Gasteiger partial charge in [-0.2, -0.15) is 0 Å². The number of carbonyl (C=O) groups excluding carboxylic acids is 2. The molecule has 0 aliphatic rings. The number of primary amides is 1. The topological polar surface area (TPSA) is 98.5 Å². The second-order valence-electron chi connectivity index (χ2n) is 3.29. The van der Waals surface area contributed by atoms with Gasteiger partial charge in [0.15, 0.2) is 11.5 Å². The number of hydrogen-bond donors (Lipinski definition) is 2. The van der Waals surface area contributed by atoms with Gasteiger partial charge >= 0.3 is 11.8 Å². The Morgan fingerprint density at radius 1 is 1.24 bits per heavy atom. The highest BCUT2D eigenvalue weighted by molar-refractivity contribution is 6.34. The Labute approximate surface area is 96.4 Å². The molecule has 6 nitrogen and oxygen atoms in total. The molecule has 0 radical (unpaired) electrons. The van der Waals surface area contributed by atoms with Crippen LogP contribution in [0.3, 0.4) is 0 Å². The average molecular weight is 234 g/mol. The maximum Gasteiger partial charge on any atom is 0.309 e. The normalized spacial score (nSPS) is 10.1. The zero-order valence-corrected chi connectivity index (χ0v) is 8.80. The van der Waals surface area contributed by atoms with Crippen LogP contribution in [0.2, 0.25) is 0 Å². The first kappa shape index (κ1) is 11.0. The Hall–Kier alpha value is -2.50. The minimum Gasteiger partial charge on any atom is -0.461 e. The van der Waals surface area contributed by atoms with E-state index in [9.17, 15) is 9.59 Å². The van der Waals surface area contributed by atoms with Gasteiger partial charge in [0.05, 0.1) is 12.8 Å². The maximum absolute atomic E-state index is 10.9. The first-order valence-corrected chi connectivity index (χ1v) is 4.87. The van der Waals surface area contributed by atoms with Crippen LogP contribution < -0.4 is 11.1 Å². The largest absolute Gasteiger partial charge is 0.461 e. The van der Waals surface area contributed by atoms with Crippen LogP contribution >= 0.6 is 0 Å². The summed E-state index contributed by atoms with van der Waals surface area (Å²) in [5, 5.41) is 2.32. The average Bonchev–Trinajstić information content (AvgIpc) is 2.95. The van der Waals surface area contributed by atoms with Crippen molar-refractivity contribution < 1.29 is 18.4 Å². The lowest BCUT2D eigenvalue weighted by Gasteiger charge is -1.98. The molecule has 0 spiro atoms. The van der Waals surface area contributed by atoms with E-state index in [0.717, 1.165) is 0 Å². The Morgan fingerprint density at radius 3 is 2.71 bits per heavy atom. The van der Waals surface area contributed by atoms with Crippen LogP contribution in [0.25, 0.3) is 11.5 Å².